The summed E-state index contributed by atoms with van der Waals surface area (Å²) in [6.07, 6.45) is 12.4. The Morgan fingerprint density at radius 3 is 1.42 bits per heavy atom. The summed E-state index contributed by atoms with van der Waals surface area (Å²) in [4.78, 5) is 0. The minimum absolute atomic E-state index is 1.39. The largest absolute Gasteiger partial charge is 0.0623 e. The smallest absolute Gasteiger partial charge is 0.00583 e. The van der Waals surface area contributed by atoms with Crippen LogP contribution in [0.5, 0.6) is 0 Å². The van der Waals surface area contributed by atoms with Crippen LogP contribution >= 0.6 is 30.9 Å². The molecule has 1 aliphatic rings. The maximum Gasteiger partial charge on any atom is -0.00583 e. The molecular weight excluding hydrogens is 220 g/mol. The van der Waals surface area contributed by atoms with E-state index in [4.69, 9.17) is 0 Å². The van der Waals surface area contributed by atoms with Crippen molar-refractivity contribution in [2.75, 3.05) is 0 Å². The molecule has 0 N–H and O–H groups in total. The van der Waals surface area contributed by atoms with Gasteiger partial charge in [0, 0.05) is 0 Å². The summed E-state index contributed by atoms with van der Waals surface area (Å²) in [6.45, 7) is 0. The van der Waals surface area contributed by atoms with Crippen LogP contribution in [-0.4, -0.2) is 11.6 Å². The fourth-order valence-electron chi connectivity index (χ4n) is 0.539. The second kappa shape index (κ2) is 7.79. The molecule has 4 heteroatoms. The average molecular weight is 228 g/mol. The SMILES string of the molecule is C1=PP=PP=C\C=C/C=C\C=C/1. The lowest BCUT2D eigenvalue weighted by Gasteiger charge is -1.75. The highest BCUT2D eigenvalue weighted by Gasteiger charge is 1.68. The fourth-order valence-corrected chi connectivity index (χ4v) is 6.60. The van der Waals surface area contributed by atoms with Crippen molar-refractivity contribution in [3.63, 3.8) is 0 Å². The van der Waals surface area contributed by atoms with E-state index in [9.17, 15) is 0 Å². The molecule has 0 fully saturated rings. The van der Waals surface area contributed by atoms with E-state index in [1.54, 1.807) is 0 Å². The Labute approximate surface area is 79.3 Å². The zero-order valence-electron chi connectivity index (χ0n) is 6.41. The summed E-state index contributed by atoms with van der Waals surface area (Å²) >= 11 is 0. The molecule has 0 aromatic heterocycles. The molecule has 0 saturated carbocycles. The lowest BCUT2D eigenvalue weighted by molar-refractivity contribution is 1.95. The molecule has 60 valence electrons. The van der Waals surface area contributed by atoms with E-state index in [-0.39, 0.29) is 0 Å². The summed E-state index contributed by atoms with van der Waals surface area (Å²) in [6, 6.07) is 0. The van der Waals surface area contributed by atoms with Crippen LogP contribution in [0, 0.1) is 0 Å². The molecule has 1 aliphatic heterocycles. The van der Waals surface area contributed by atoms with Crippen LogP contribution in [0.3, 0.4) is 0 Å². The van der Waals surface area contributed by atoms with Crippen LogP contribution in [-0.2, 0) is 0 Å². The molecule has 0 atom stereocenters. The summed E-state index contributed by atoms with van der Waals surface area (Å²) in [7, 11) is 5.69. The summed E-state index contributed by atoms with van der Waals surface area (Å²) < 4.78 is 0. The van der Waals surface area contributed by atoms with E-state index in [2.05, 4.69) is 35.9 Å². The molecule has 1 rings (SSSR count). The molecule has 0 amide bonds. The highest BCUT2D eigenvalue weighted by atomic mass is 32.4. The molecule has 0 bridgehead atoms. The molecule has 0 spiro atoms. The third kappa shape index (κ3) is 5.77. The van der Waals surface area contributed by atoms with Gasteiger partial charge in [-0.25, -0.2) is 0 Å². The molecule has 12 heavy (non-hydrogen) atoms. The highest BCUT2D eigenvalue weighted by Crippen LogP contribution is 2.36. The average Bonchev–Trinajstić information content (AvgIpc) is 2.05. The second-order valence-corrected chi connectivity index (χ2v) is 8.96. The van der Waals surface area contributed by atoms with Crippen molar-refractivity contribution in [1.29, 1.82) is 0 Å². The molecule has 0 aliphatic carbocycles. The topological polar surface area (TPSA) is 0 Å². The summed E-state index contributed by atoms with van der Waals surface area (Å²) in [5.41, 5.74) is 0. The van der Waals surface area contributed by atoms with Gasteiger partial charge in [-0.15, -0.1) is 0 Å². The van der Waals surface area contributed by atoms with Gasteiger partial charge in [0.2, 0.25) is 0 Å². The fraction of sp³-hybridized carbons (Fsp3) is 0. The first-order valence-electron chi connectivity index (χ1n) is 3.45. The van der Waals surface area contributed by atoms with Crippen LogP contribution in [0.4, 0.5) is 0 Å². The van der Waals surface area contributed by atoms with Gasteiger partial charge < -0.3 is 0 Å². The normalized spacial score (nSPS) is 29.3. The minimum atomic E-state index is 1.39. The molecule has 0 saturated heterocycles. The van der Waals surface area contributed by atoms with Crippen molar-refractivity contribution >= 4 is 42.5 Å². The molecule has 0 nitrogen and oxygen atoms in total. The Morgan fingerprint density at radius 2 is 0.917 bits per heavy atom. The standard InChI is InChI=1S/C8H8P4/c1-2-4-6-8-10-12-11-9-7-5-3-1/h1-8H/b2-1-,3-1?,4-2?,5-3-,6-4-,7-5?,8-6?. The van der Waals surface area contributed by atoms with E-state index < -0.39 is 0 Å². The van der Waals surface area contributed by atoms with Crippen LogP contribution in [0.1, 0.15) is 0 Å². The predicted molar refractivity (Wildman–Crippen MR) is 67.2 cm³/mol. The highest BCUT2D eigenvalue weighted by molar-refractivity contribution is 8.39. The third-order valence-electron chi connectivity index (χ3n) is 1.00. The van der Waals surface area contributed by atoms with Gasteiger partial charge in [-0.1, -0.05) is 36.5 Å². The summed E-state index contributed by atoms with van der Waals surface area (Å²) in [5.74, 6) is 4.36. The zero-order valence-corrected chi connectivity index (χ0v) is 9.99. The Morgan fingerprint density at radius 1 is 0.500 bits per heavy atom. The van der Waals surface area contributed by atoms with Crippen molar-refractivity contribution in [1.82, 2.24) is 0 Å². The van der Waals surface area contributed by atoms with Gasteiger partial charge in [0.15, 0.2) is 0 Å². The zero-order chi connectivity index (χ0) is 8.49. The number of hydrogen-bond acceptors (Lipinski definition) is 0. The Balaban J connectivity index is 2.67. The lowest BCUT2D eigenvalue weighted by atomic mass is 10.4. The number of allylic oxidation sites excluding steroid dienone is 6. The van der Waals surface area contributed by atoms with Crippen molar-refractivity contribution in [2.45, 2.75) is 0 Å². The van der Waals surface area contributed by atoms with Gasteiger partial charge in [0.1, 0.15) is 0 Å². The lowest BCUT2D eigenvalue weighted by Crippen LogP contribution is -1.55. The Bertz CT molecular complexity index is 180. The van der Waals surface area contributed by atoms with Gasteiger partial charge >= 0.3 is 0 Å². The first kappa shape index (κ1) is 10.2. The molecule has 0 unspecified atom stereocenters. The van der Waals surface area contributed by atoms with E-state index in [0.29, 0.717) is 0 Å². The molecule has 0 aromatic carbocycles. The van der Waals surface area contributed by atoms with Gasteiger partial charge in [-0.3, -0.25) is 0 Å². The minimum Gasteiger partial charge on any atom is -0.0623 e. The Hall–Kier alpha value is 0.160. The maximum atomic E-state index is 2.18. The quantitative estimate of drug-likeness (QED) is 0.522. The van der Waals surface area contributed by atoms with Crippen LogP contribution in [0.2, 0.25) is 0 Å². The van der Waals surface area contributed by atoms with Crippen molar-refractivity contribution < 1.29 is 0 Å². The number of hydrogen-bond donors (Lipinski definition) is 0. The maximum absolute atomic E-state index is 2.18. The monoisotopic (exact) mass is 228 g/mol. The molecule has 0 aromatic rings. The molecule has 1 heterocycles. The molecule has 0 radical (unpaired) electrons. The Kier molecular flexibility index (Phi) is 6.65. The predicted octanol–water partition coefficient (Wildman–Crippen LogP) is 4.80. The number of rotatable bonds is 0. The third-order valence-corrected chi connectivity index (χ3v) is 8.30. The van der Waals surface area contributed by atoms with Gasteiger partial charge in [-0.2, -0.15) is 0 Å². The van der Waals surface area contributed by atoms with E-state index >= 15 is 0 Å². The second-order valence-electron chi connectivity index (χ2n) is 1.86. The van der Waals surface area contributed by atoms with Crippen molar-refractivity contribution in [3.05, 3.63) is 36.5 Å². The van der Waals surface area contributed by atoms with Crippen LogP contribution < -0.4 is 0 Å². The van der Waals surface area contributed by atoms with Gasteiger partial charge in [-0.05, 0) is 42.5 Å². The first-order valence-corrected chi connectivity index (χ1v) is 9.28. The van der Waals surface area contributed by atoms with Crippen LogP contribution in [0.25, 0.3) is 0 Å². The van der Waals surface area contributed by atoms with Crippen molar-refractivity contribution in [2.24, 2.45) is 0 Å². The van der Waals surface area contributed by atoms with Crippen molar-refractivity contribution in [3.8, 4) is 0 Å². The van der Waals surface area contributed by atoms with Gasteiger partial charge in [0.25, 0.3) is 0 Å². The molecular formula is C8H8P4. The van der Waals surface area contributed by atoms with E-state index in [1.807, 2.05) is 12.2 Å². The first-order chi connectivity index (χ1) is 6.00. The van der Waals surface area contributed by atoms with Gasteiger partial charge in [0.05, 0.1) is 0 Å². The van der Waals surface area contributed by atoms with Crippen LogP contribution in [0.15, 0.2) is 36.5 Å². The van der Waals surface area contributed by atoms with E-state index in [0.717, 1.165) is 0 Å². The summed E-state index contributed by atoms with van der Waals surface area (Å²) in [5, 5.41) is 0. The van der Waals surface area contributed by atoms with E-state index in [1.165, 1.54) is 30.9 Å².